The normalized spacial score (nSPS) is 14.1. The van der Waals surface area contributed by atoms with Gasteiger partial charge in [0, 0.05) is 10.6 Å². The Morgan fingerprint density at radius 2 is 1.68 bits per heavy atom. The van der Waals surface area contributed by atoms with Gasteiger partial charge in [0.25, 0.3) is 0 Å². The third-order valence-electron chi connectivity index (χ3n) is 2.83. The van der Waals surface area contributed by atoms with Crippen LogP contribution in [0.15, 0.2) is 12.1 Å². The van der Waals surface area contributed by atoms with Crippen LogP contribution < -0.4 is 5.73 Å². The van der Waals surface area contributed by atoms with Crippen LogP contribution in [-0.4, -0.2) is 11.2 Å². The number of aliphatic hydroxyl groups is 1. The highest BCUT2D eigenvalue weighted by molar-refractivity contribution is 6.30. The van der Waals surface area contributed by atoms with E-state index in [0.717, 1.165) is 18.6 Å². The molecule has 0 aromatic heterocycles. The van der Waals surface area contributed by atoms with Gasteiger partial charge in [0.15, 0.2) is 0 Å². The van der Waals surface area contributed by atoms with Gasteiger partial charge in [-0.05, 0) is 30.9 Å². The van der Waals surface area contributed by atoms with Crippen LogP contribution in [0.4, 0.5) is 8.78 Å². The first kappa shape index (κ1) is 18.6. The highest BCUT2D eigenvalue weighted by atomic mass is 35.5. The lowest BCUT2D eigenvalue weighted by Crippen LogP contribution is -2.28. The smallest absolute Gasteiger partial charge is 0.132 e. The molecule has 0 radical (unpaired) electrons. The molecule has 0 aliphatic carbocycles. The Morgan fingerprint density at radius 1 is 1.21 bits per heavy atom. The first-order chi connectivity index (χ1) is 8.32. The van der Waals surface area contributed by atoms with Gasteiger partial charge in [-0.3, -0.25) is 0 Å². The van der Waals surface area contributed by atoms with E-state index in [2.05, 4.69) is 0 Å². The van der Waals surface area contributed by atoms with E-state index in [-0.39, 0.29) is 23.0 Å². The monoisotopic (exact) mass is 313 g/mol. The van der Waals surface area contributed by atoms with E-state index >= 15 is 0 Å². The van der Waals surface area contributed by atoms with Crippen LogP contribution in [0.25, 0.3) is 0 Å². The second-order valence-electron chi connectivity index (χ2n) is 4.85. The summed E-state index contributed by atoms with van der Waals surface area (Å²) < 4.78 is 27.2. The second kappa shape index (κ2) is 8.00. The number of benzene rings is 1. The minimum atomic E-state index is -1.08. The molecule has 2 nitrogen and oxygen atoms in total. The van der Waals surface area contributed by atoms with Crippen LogP contribution in [0, 0.1) is 17.6 Å². The Kier molecular flexibility index (Phi) is 7.82. The van der Waals surface area contributed by atoms with Crippen LogP contribution >= 0.6 is 24.0 Å². The topological polar surface area (TPSA) is 46.2 Å². The van der Waals surface area contributed by atoms with E-state index in [4.69, 9.17) is 17.3 Å². The maximum atomic E-state index is 13.6. The molecule has 0 amide bonds. The zero-order valence-electron chi connectivity index (χ0n) is 10.9. The number of nitrogens with two attached hydrogens (primary N) is 1. The minimum Gasteiger partial charge on any atom is -0.391 e. The van der Waals surface area contributed by atoms with Gasteiger partial charge in [0.05, 0.1) is 12.1 Å². The summed E-state index contributed by atoms with van der Waals surface area (Å²) in [6, 6.07) is 0.908. The minimum absolute atomic E-state index is 0. The summed E-state index contributed by atoms with van der Waals surface area (Å²) in [5, 5.41) is 9.82. The number of rotatable bonds is 5. The van der Waals surface area contributed by atoms with Crippen LogP contribution in [0.1, 0.15) is 38.3 Å². The SMILES string of the molecule is CC(C)CC[C@@H](O)[C@@H](N)c1c(F)cc(Cl)cc1F.Cl. The molecule has 6 heteroatoms. The van der Waals surface area contributed by atoms with Gasteiger partial charge in [-0.1, -0.05) is 25.4 Å². The third-order valence-corrected chi connectivity index (χ3v) is 3.05. The Labute approximate surface area is 123 Å². The van der Waals surface area contributed by atoms with Crippen LogP contribution in [0.2, 0.25) is 5.02 Å². The molecule has 0 saturated carbocycles. The molecule has 2 atom stereocenters. The molecule has 0 heterocycles. The summed E-state index contributed by atoms with van der Waals surface area (Å²) in [5.74, 6) is -1.25. The van der Waals surface area contributed by atoms with E-state index in [9.17, 15) is 13.9 Å². The number of hydrogen-bond acceptors (Lipinski definition) is 2. The molecule has 0 saturated heterocycles. The fourth-order valence-electron chi connectivity index (χ4n) is 1.75. The summed E-state index contributed by atoms with van der Waals surface area (Å²) in [6.45, 7) is 4.00. The maximum Gasteiger partial charge on any atom is 0.132 e. The first-order valence-corrected chi connectivity index (χ1v) is 6.28. The molecular formula is C13H19Cl2F2NO. The zero-order chi connectivity index (χ0) is 13.9. The molecule has 3 N–H and O–H groups in total. The van der Waals surface area contributed by atoms with Crippen LogP contribution in [-0.2, 0) is 0 Å². The van der Waals surface area contributed by atoms with Crippen molar-refractivity contribution in [2.45, 2.75) is 38.8 Å². The predicted molar refractivity (Wildman–Crippen MR) is 75.6 cm³/mol. The van der Waals surface area contributed by atoms with Crippen molar-refractivity contribution in [1.82, 2.24) is 0 Å². The zero-order valence-corrected chi connectivity index (χ0v) is 12.4. The van der Waals surface area contributed by atoms with Crippen molar-refractivity contribution in [2.75, 3.05) is 0 Å². The first-order valence-electron chi connectivity index (χ1n) is 5.91. The molecule has 0 aliphatic rings. The molecule has 1 aromatic carbocycles. The molecular weight excluding hydrogens is 295 g/mol. The molecule has 0 fully saturated rings. The number of halogens is 4. The second-order valence-corrected chi connectivity index (χ2v) is 5.28. The lowest BCUT2D eigenvalue weighted by Gasteiger charge is -2.21. The molecule has 1 aromatic rings. The van der Waals surface area contributed by atoms with Gasteiger partial charge in [-0.2, -0.15) is 0 Å². The van der Waals surface area contributed by atoms with Gasteiger partial charge >= 0.3 is 0 Å². The highest BCUT2D eigenvalue weighted by Crippen LogP contribution is 2.27. The van der Waals surface area contributed by atoms with Gasteiger partial charge in [0.1, 0.15) is 11.6 Å². The van der Waals surface area contributed by atoms with E-state index in [1.54, 1.807) is 0 Å². The average molecular weight is 314 g/mol. The Hall–Kier alpha value is -0.420. The van der Waals surface area contributed by atoms with E-state index in [1.165, 1.54) is 0 Å². The van der Waals surface area contributed by atoms with Crippen molar-refractivity contribution in [3.8, 4) is 0 Å². The summed E-state index contributed by atoms with van der Waals surface area (Å²) in [4.78, 5) is 0. The quantitative estimate of drug-likeness (QED) is 0.867. The van der Waals surface area contributed by atoms with Gasteiger partial charge < -0.3 is 10.8 Å². The molecule has 0 aliphatic heterocycles. The summed E-state index contributed by atoms with van der Waals surface area (Å²) in [7, 11) is 0. The van der Waals surface area contributed by atoms with Crippen molar-refractivity contribution in [2.24, 2.45) is 11.7 Å². The van der Waals surface area contributed by atoms with Gasteiger partial charge in [-0.15, -0.1) is 12.4 Å². The fourth-order valence-corrected chi connectivity index (χ4v) is 1.94. The molecule has 1 rings (SSSR count). The van der Waals surface area contributed by atoms with Crippen molar-refractivity contribution in [3.63, 3.8) is 0 Å². The molecule has 19 heavy (non-hydrogen) atoms. The van der Waals surface area contributed by atoms with Crippen LogP contribution in [0.5, 0.6) is 0 Å². The van der Waals surface area contributed by atoms with E-state index < -0.39 is 23.8 Å². The predicted octanol–water partition coefficient (Wildman–Crippen LogP) is 3.84. The largest absolute Gasteiger partial charge is 0.391 e. The Balaban J connectivity index is 0.00000324. The summed E-state index contributed by atoms with van der Waals surface area (Å²) >= 11 is 5.53. The number of hydrogen-bond donors (Lipinski definition) is 2. The summed E-state index contributed by atoms with van der Waals surface area (Å²) in [5.41, 5.74) is 5.39. The van der Waals surface area contributed by atoms with Crippen molar-refractivity contribution >= 4 is 24.0 Å². The van der Waals surface area contributed by atoms with Crippen molar-refractivity contribution in [1.29, 1.82) is 0 Å². The standard InChI is InChI=1S/C13H18ClF2NO.ClH/c1-7(2)3-4-11(18)13(17)12-9(15)5-8(14)6-10(12)16;/h5-7,11,13,18H,3-4,17H2,1-2H3;1H/t11-,13-;/m1./s1. The third kappa shape index (κ3) is 5.22. The molecule has 110 valence electrons. The lowest BCUT2D eigenvalue weighted by atomic mass is 9.95. The molecule has 0 bridgehead atoms. The average Bonchev–Trinajstić information content (AvgIpc) is 2.24. The van der Waals surface area contributed by atoms with Crippen LogP contribution in [0.3, 0.4) is 0 Å². The molecule has 0 spiro atoms. The Morgan fingerprint density at radius 3 is 2.11 bits per heavy atom. The Bertz CT molecular complexity index is 393. The van der Waals surface area contributed by atoms with Gasteiger partial charge in [0.2, 0.25) is 0 Å². The maximum absolute atomic E-state index is 13.6. The molecule has 0 unspecified atom stereocenters. The van der Waals surface area contributed by atoms with Crippen molar-refractivity contribution < 1.29 is 13.9 Å². The fraction of sp³-hybridized carbons (Fsp3) is 0.538. The van der Waals surface area contributed by atoms with Crippen molar-refractivity contribution in [3.05, 3.63) is 34.4 Å². The highest BCUT2D eigenvalue weighted by Gasteiger charge is 2.24. The summed E-state index contributed by atoms with van der Waals surface area (Å²) in [6.07, 6.45) is 0.170. The van der Waals surface area contributed by atoms with E-state index in [0.29, 0.717) is 12.3 Å². The lowest BCUT2D eigenvalue weighted by molar-refractivity contribution is 0.125. The number of aliphatic hydroxyl groups excluding tert-OH is 1. The van der Waals surface area contributed by atoms with Gasteiger partial charge in [-0.25, -0.2) is 8.78 Å². The van der Waals surface area contributed by atoms with E-state index in [1.807, 2.05) is 13.8 Å².